The van der Waals surface area contributed by atoms with E-state index in [1.54, 1.807) is 0 Å². The van der Waals surface area contributed by atoms with Gasteiger partial charge in [-0.05, 0) is 37.1 Å². The molecule has 1 aliphatic heterocycles. The maximum absolute atomic E-state index is 12.6. The largest absolute Gasteiger partial charge is 0.358 e. The Morgan fingerprint density at radius 1 is 1.38 bits per heavy atom. The summed E-state index contributed by atoms with van der Waals surface area (Å²) in [5.74, 6) is -0.329. The maximum atomic E-state index is 12.6. The van der Waals surface area contributed by atoms with Gasteiger partial charge in [0.05, 0.1) is 0 Å². The first-order valence-corrected chi connectivity index (χ1v) is 5.19. The summed E-state index contributed by atoms with van der Waals surface area (Å²) in [4.78, 5) is 11.5. The number of ether oxygens (including phenoxy) is 1. The number of rotatable bonds is 2. The molecule has 2 amide bonds. The number of nitrogens with one attached hydrogen (secondary N) is 2. The van der Waals surface area contributed by atoms with Gasteiger partial charge in [0.1, 0.15) is 12.0 Å². The molecule has 1 aliphatic rings. The lowest BCUT2D eigenvalue weighted by atomic mass is 10.3. The molecule has 1 aromatic rings. The first-order chi connectivity index (χ1) is 7.74. The third-order valence-corrected chi connectivity index (χ3v) is 2.32. The Labute approximate surface area is 92.8 Å². The van der Waals surface area contributed by atoms with E-state index in [4.69, 9.17) is 4.74 Å². The van der Waals surface area contributed by atoms with Crippen LogP contribution < -0.4 is 10.6 Å². The van der Waals surface area contributed by atoms with Gasteiger partial charge in [0.15, 0.2) is 0 Å². The number of hydrogen-bond acceptors (Lipinski definition) is 2. The summed E-state index contributed by atoms with van der Waals surface area (Å²) < 4.78 is 17.9. The van der Waals surface area contributed by atoms with Crippen molar-refractivity contribution in [1.82, 2.24) is 5.32 Å². The van der Waals surface area contributed by atoms with Gasteiger partial charge in [-0.2, -0.15) is 0 Å². The van der Waals surface area contributed by atoms with Crippen LogP contribution in [0.3, 0.4) is 0 Å². The van der Waals surface area contributed by atoms with E-state index in [-0.39, 0.29) is 18.1 Å². The first-order valence-electron chi connectivity index (χ1n) is 5.19. The van der Waals surface area contributed by atoms with Crippen molar-refractivity contribution >= 4 is 11.7 Å². The topological polar surface area (TPSA) is 50.4 Å². The van der Waals surface area contributed by atoms with E-state index in [0.29, 0.717) is 12.3 Å². The highest BCUT2D eigenvalue weighted by Crippen LogP contribution is 2.10. The summed E-state index contributed by atoms with van der Waals surface area (Å²) in [5, 5.41) is 5.28. The summed E-state index contributed by atoms with van der Waals surface area (Å²) in [5.41, 5.74) is 0.553. The molecule has 86 valence electrons. The smallest absolute Gasteiger partial charge is 0.321 e. The fourth-order valence-electron chi connectivity index (χ4n) is 1.54. The van der Waals surface area contributed by atoms with Gasteiger partial charge >= 0.3 is 6.03 Å². The number of amides is 2. The van der Waals surface area contributed by atoms with Crippen LogP contribution in [0.15, 0.2) is 24.3 Å². The molecular weight excluding hydrogens is 211 g/mol. The summed E-state index contributed by atoms with van der Waals surface area (Å²) >= 11 is 0. The van der Waals surface area contributed by atoms with E-state index in [1.807, 2.05) is 0 Å². The van der Waals surface area contributed by atoms with Crippen molar-refractivity contribution in [3.63, 3.8) is 0 Å². The number of hydrogen-bond donors (Lipinski definition) is 2. The SMILES string of the molecule is O=C(Nc1ccc(F)cc1)NC1CCCO1. The second-order valence-electron chi connectivity index (χ2n) is 3.61. The van der Waals surface area contributed by atoms with Gasteiger partial charge in [-0.1, -0.05) is 0 Å². The lowest BCUT2D eigenvalue weighted by Gasteiger charge is -2.12. The Balaban J connectivity index is 1.84. The summed E-state index contributed by atoms with van der Waals surface area (Å²) in [6, 6.07) is 5.26. The van der Waals surface area contributed by atoms with Gasteiger partial charge in [-0.15, -0.1) is 0 Å². The standard InChI is InChI=1S/C11H13FN2O2/c12-8-3-5-9(6-4-8)13-11(15)14-10-2-1-7-16-10/h3-6,10H,1-2,7H2,(H2,13,14,15). The molecule has 0 bridgehead atoms. The minimum atomic E-state index is -0.335. The number of carbonyl (C=O) groups is 1. The quantitative estimate of drug-likeness (QED) is 0.808. The molecule has 4 nitrogen and oxygen atoms in total. The molecule has 1 aromatic carbocycles. The Hall–Kier alpha value is -1.62. The number of benzene rings is 1. The van der Waals surface area contributed by atoms with Gasteiger partial charge in [0.25, 0.3) is 0 Å². The molecule has 0 aliphatic carbocycles. The monoisotopic (exact) mass is 224 g/mol. The highest BCUT2D eigenvalue weighted by atomic mass is 19.1. The molecule has 1 unspecified atom stereocenters. The van der Waals surface area contributed by atoms with E-state index >= 15 is 0 Å². The van der Waals surface area contributed by atoms with Crippen LogP contribution in [0.1, 0.15) is 12.8 Å². The third-order valence-electron chi connectivity index (χ3n) is 2.32. The van der Waals surface area contributed by atoms with Crippen LogP contribution in [0.5, 0.6) is 0 Å². The minimum absolute atomic E-state index is 0.208. The van der Waals surface area contributed by atoms with Crippen LogP contribution in [-0.2, 0) is 4.74 Å². The normalized spacial score (nSPS) is 19.4. The zero-order chi connectivity index (χ0) is 11.4. The second-order valence-corrected chi connectivity index (χ2v) is 3.61. The van der Waals surface area contributed by atoms with Crippen molar-refractivity contribution in [3.05, 3.63) is 30.1 Å². The molecule has 0 spiro atoms. The van der Waals surface area contributed by atoms with Crippen molar-refractivity contribution in [2.45, 2.75) is 19.1 Å². The highest BCUT2D eigenvalue weighted by molar-refractivity contribution is 5.89. The fourth-order valence-corrected chi connectivity index (χ4v) is 1.54. The van der Waals surface area contributed by atoms with E-state index in [1.165, 1.54) is 24.3 Å². The van der Waals surface area contributed by atoms with Gasteiger partial charge in [0, 0.05) is 12.3 Å². The van der Waals surface area contributed by atoms with Crippen LogP contribution in [0.25, 0.3) is 0 Å². The van der Waals surface area contributed by atoms with Crippen LogP contribution >= 0.6 is 0 Å². The van der Waals surface area contributed by atoms with Gasteiger partial charge in [0.2, 0.25) is 0 Å². The molecule has 1 saturated heterocycles. The lowest BCUT2D eigenvalue weighted by Crippen LogP contribution is -2.37. The zero-order valence-corrected chi connectivity index (χ0v) is 8.70. The molecule has 0 saturated carbocycles. The van der Waals surface area contributed by atoms with Crippen molar-refractivity contribution in [3.8, 4) is 0 Å². The number of anilines is 1. The van der Waals surface area contributed by atoms with E-state index in [2.05, 4.69) is 10.6 Å². The average Bonchev–Trinajstić information content (AvgIpc) is 2.74. The van der Waals surface area contributed by atoms with Crippen LogP contribution in [0.2, 0.25) is 0 Å². The summed E-state index contributed by atoms with van der Waals surface area (Å²) in [6.07, 6.45) is 1.58. The fraction of sp³-hybridized carbons (Fsp3) is 0.364. The van der Waals surface area contributed by atoms with Gasteiger partial charge in [-0.3, -0.25) is 0 Å². The van der Waals surface area contributed by atoms with Crippen molar-refractivity contribution in [2.24, 2.45) is 0 Å². The number of halogens is 1. The Morgan fingerprint density at radius 3 is 2.75 bits per heavy atom. The van der Waals surface area contributed by atoms with Gasteiger partial charge in [-0.25, -0.2) is 9.18 Å². The van der Waals surface area contributed by atoms with Crippen LogP contribution in [-0.4, -0.2) is 18.9 Å². The predicted octanol–water partition coefficient (Wildman–Crippen LogP) is 2.08. The molecule has 1 atom stereocenters. The van der Waals surface area contributed by atoms with E-state index in [0.717, 1.165) is 12.8 Å². The highest BCUT2D eigenvalue weighted by Gasteiger charge is 2.17. The molecule has 0 aromatic heterocycles. The van der Waals surface area contributed by atoms with Crippen molar-refractivity contribution in [2.75, 3.05) is 11.9 Å². The van der Waals surface area contributed by atoms with Crippen LogP contribution in [0, 0.1) is 5.82 Å². The minimum Gasteiger partial charge on any atom is -0.358 e. The number of carbonyl (C=O) groups excluding carboxylic acids is 1. The zero-order valence-electron chi connectivity index (χ0n) is 8.70. The average molecular weight is 224 g/mol. The Morgan fingerprint density at radius 2 is 2.12 bits per heavy atom. The van der Waals surface area contributed by atoms with Crippen LogP contribution in [0.4, 0.5) is 14.9 Å². The van der Waals surface area contributed by atoms with Gasteiger partial charge < -0.3 is 15.4 Å². The summed E-state index contributed by atoms with van der Waals surface area (Å²) in [6.45, 7) is 0.682. The molecule has 0 radical (unpaired) electrons. The number of urea groups is 1. The third kappa shape index (κ3) is 2.93. The van der Waals surface area contributed by atoms with E-state index in [9.17, 15) is 9.18 Å². The molecule has 5 heteroatoms. The molecule has 1 heterocycles. The lowest BCUT2D eigenvalue weighted by molar-refractivity contribution is 0.0928. The molecule has 2 N–H and O–H groups in total. The molecular formula is C11H13FN2O2. The van der Waals surface area contributed by atoms with E-state index < -0.39 is 0 Å². The maximum Gasteiger partial charge on any atom is 0.321 e. The molecule has 2 rings (SSSR count). The summed E-state index contributed by atoms with van der Waals surface area (Å²) in [7, 11) is 0. The molecule has 16 heavy (non-hydrogen) atoms. The first kappa shape index (κ1) is 10.9. The second kappa shape index (κ2) is 4.94. The van der Waals surface area contributed by atoms with Crippen molar-refractivity contribution < 1.29 is 13.9 Å². The Bertz CT molecular complexity index is 361. The predicted molar refractivity (Wildman–Crippen MR) is 57.5 cm³/mol. The van der Waals surface area contributed by atoms with Crippen molar-refractivity contribution in [1.29, 1.82) is 0 Å². The molecule has 1 fully saturated rings. The Kier molecular flexibility index (Phi) is 3.36.